The SMILES string of the molecule is O=C(C[n+]1ccccc1)NN=Cc1ccc(Cl)c(Cl)c1. The van der Waals surface area contributed by atoms with Crippen molar-refractivity contribution in [2.75, 3.05) is 0 Å². The highest BCUT2D eigenvalue weighted by molar-refractivity contribution is 6.42. The van der Waals surface area contributed by atoms with Gasteiger partial charge in [0.15, 0.2) is 12.4 Å². The number of nitrogens with one attached hydrogen (secondary N) is 1. The summed E-state index contributed by atoms with van der Waals surface area (Å²) in [5.41, 5.74) is 3.20. The molecule has 1 amide bonds. The fourth-order valence-corrected chi connectivity index (χ4v) is 1.82. The minimum atomic E-state index is -0.211. The van der Waals surface area contributed by atoms with Crippen molar-refractivity contribution in [3.63, 3.8) is 0 Å². The Labute approximate surface area is 126 Å². The molecule has 0 saturated heterocycles. The summed E-state index contributed by atoms with van der Waals surface area (Å²) in [7, 11) is 0. The summed E-state index contributed by atoms with van der Waals surface area (Å²) < 4.78 is 1.75. The van der Waals surface area contributed by atoms with Crippen molar-refractivity contribution in [3.8, 4) is 0 Å². The molecule has 1 N–H and O–H groups in total. The lowest BCUT2D eigenvalue weighted by molar-refractivity contribution is -0.684. The summed E-state index contributed by atoms with van der Waals surface area (Å²) in [5.74, 6) is -0.211. The molecule has 2 rings (SSSR count). The molecule has 6 heteroatoms. The zero-order chi connectivity index (χ0) is 14.4. The first-order chi connectivity index (χ1) is 9.65. The molecule has 0 bridgehead atoms. The van der Waals surface area contributed by atoms with Crippen LogP contribution in [0.4, 0.5) is 0 Å². The smallest absolute Gasteiger partial charge is 0.266 e. The van der Waals surface area contributed by atoms with Crippen LogP contribution in [0, 0.1) is 0 Å². The zero-order valence-electron chi connectivity index (χ0n) is 10.5. The Balaban J connectivity index is 1.89. The first kappa shape index (κ1) is 14.5. The lowest BCUT2D eigenvalue weighted by atomic mass is 10.2. The monoisotopic (exact) mass is 308 g/mol. The predicted molar refractivity (Wildman–Crippen MR) is 78.8 cm³/mol. The fourth-order valence-electron chi connectivity index (χ4n) is 1.51. The van der Waals surface area contributed by atoms with Gasteiger partial charge in [0.1, 0.15) is 0 Å². The molecule has 102 valence electrons. The van der Waals surface area contributed by atoms with E-state index < -0.39 is 0 Å². The van der Waals surface area contributed by atoms with Crippen molar-refractivity contribution in [3.05, 3.63) is 64.4 Å². The third kappa shape index (κ3) is 4.33. The van der Waals surface area contributed by atoms with Crippen molar-refractivity contribution >= 4 is 35.3 Å². The molecule has 0 aliphatic carbocycles. The van der Waals surface area contributed by atoms with Crippen LogP contribution < -0.4 is 9.99 Å². The molecule has 0 aliphatic rings. The van der Waals surface area contributed by atoms with E-state index in [0.717, 1.165) is 5.56 Å². The van der Waals surface area contributed by atoms with Crippen LogP contribution in [0.2, 0.25) is 10.0 Å². The van der Waals surface area contributed by atoms with Gasteiger partial charge in [0.05, 0.1) is 16.3 Å². The maximum absolute atomic E-state index is 11.6. The van der Waals surface area contributed by atoms with Gasteiger partial charge in [0, 0.05) is 12.1 Å². The van der Waals surface area contributed by atoms with Gasteiger partial charge in [0.25, 0.3) is 0 Å². The molecular weight excluding hydrogens is 297 g/mol. The third-order valence-corrected chi connectivity index (χ3v) is 3.19. The molecule has 0 spiro atoms. The number of carbonyl (C=O) groups excluding carboxylic acids is 1. The molecule has 4 nitrogen and oxygen atoms in total. The van der Waals surface area contributed by atoms with Crippen LogP contribution in [0.1, 0.15) is 5.56 Å². The second-order valence-electron chi connectivity index (χ2n) is 4.01. The predicted octanol–water partition coefficient (Wildman–Crippen LogP) is 2.43. The van der Waals surface area contributed by atoms with Gasteiger partial charge in [-0.25, -0.2) is 5.43 Å². The molecule has 0 aliphatic heterocycles. The van der Waals surface area contributed by atoms with Crippen molar-refractivity contribution in [2.24, 2.45) is 5.10 Å². The van der Waals surface area contributed by atoms with Gasteiger partial charge in [-0.05, 0) is 17.7 Å². The molecule has 0 saturated carbocycles. The van der Waals surface area contributed by atoms with Crippen LogP contribution in [0.5, 0.6) is 0 Å². The molecule has 1 aromatic heterocycles. The Morgan fingerprint density at radius 1 is 1.20 bits per heavy atom. The highest BCUT2D eigenvalue weighted by Crippen LogP contribution is 2.21. The summed E-state index contributed by atoms with van der Waals surface area (Å²) in [6, 6.07) is 10.7. The van der Waals surface area contributed by atoms with Gasteiger partial charge in [-0.2, -0.15) is 9.67 Å². The van der Waals surface area contributed by atoms with E-state index in [1.165, 1.54) is 6.21 Å². The number of nitrogens with zero attached hydrogens (tertiary/aromatic N) is 2. The van der Waals surface area contributed by atoms with Gasteiger partial charge >= 0.3 is 5.91 Å². The Hall–Kier alpha value is -1.91. The van der Waals surface area contributed by atoms with E-state index in [2.05, 4.69) is 10.5 Å². The van der Waals surface area contributed by atoms with Gasteiger partial charge in [-0.15, -0.1) is 0 Å². The summed E-state index contributed by atoms with van der Waals surface area (Å²) in [4.78, 5) is 11.6. The van der Waals surface area contributed by atoms with Crippen LogP contribution in [0.25, 0.3) is 0 Å². The number of pyridine rings is 1. The molecule has 0 atom stereocenters. The van der Waals surface area contributed by atoms with E-state index in [1.807, 2.05) is 30.6 Å². The minimum absolute atomic E-state index is 0.208. The van der Waals surface area contributed by atoms with Crippen LogP contribution in [-0.2, 0) is 11.3 Å². The Morgan fingerprint density at radius 2 is 1.95 bits per heavy atom. The maximum atomic E-state index is 11.6. The van der Waals surface area contributed by atoms with Crippen molar-refractivity contribution in [2.45, 2.75) is 6.54 Å². The van der Waals surface area contributed by atoms with Gasteiger partial charge in [-0.3, -0.25) is 4.79 Å². The molecule has 0 radical (unpaired) electrons. The van der Waals surface area contributed by atoms with E-state index in [0.29, 0.717) is 10.0 Å². The maximum Gasteiger partial charge on any atom is 0.305 e. The lowest BCUT2D eigenvalue weighted by Crippen LogP contribution is -2.40. The van der Waals surface area contributed by atoms with E-state index in [9.17, 15) is 4.79 Å². The first-order valence-corrected chi connectivity index (χ1v) is 6.62. The molecule has 20 heavy (non-hydrogen) atoms. The van der Waals surface area contributed by atoms with Gasteiger partial charge in [-0.1, -0.05) is 35.3 Å². The number of carbonyl (C=O) groups is 1. The van der Waals surface area contributed by atoms with E-state index in [1.54, 1.807) is 22.8 Å². The Bertz CT molecular complexity index is 630. The number of hydrazone groups is 1. The van der Waals surface area contributed by atoms with Crippen LogP contribution in [0.15, 0.2) is 53.9 Å². The largest absolute Gasteiger partial charge is 0.305 e. The summed E-state index contributed by atoms with van der Waals surface area (Å²) in [6.07, 6.45) is 5.13. The van der Waals surface area contributed by atoms with E-state index in [4.69, 9.17) is 23.2 Å². The number of benzene rings is 1. The third-order valence-electron chi connectivity index (χ3n) is 2.45. The highest BCUT2D eigenvalue weighted by Gasteiger charge is 2.06. The molecular formula is C14H12Cl2N3O+. The van der Waals surface area contributed by atoms with Crippen LogP contribution in [0.3, 0.4) is 0 Å². The second-order valence-corrected chi connectivity index (χ2v) is 4.83. The Morgan fingerprint density at radius 3 is 2.65 bits per heavy atom. The van der Waals surface area contributed by atoms with Crippen molar-refractivity contribution in [1.82, 2.24) is 5.43 Å². The molecule has 0 unspecified atom stereocenters. The van der Waals surface area contributed by atoms with Crippen molar-refractivity contribution < 1.29 is 9.36 Å². The number of amides is 1. The molecule has 1 heterocycles. The average molecular weight is 309 g/mol. The standard InChI is InChI=1S/C14H11Cl2N3O/c15-12-5-4-11(8-13(12)16)9-17-18-14(20)10-19-6-2-1-3-7-19/h1-9H,10H2/p+1. The van der Waals surface area contributed by atoms with Crippen molar-refractivity contribution in [1.29, 1.82) is 0 Å². The minimum Gasteiger partial charge on any atom is -0.266 e. The summed E-state index contributed by atoms with van der Waals surface area (Å²) in [6.45, 7) is 0.208. The number of halogens is 2. The number of hydrogen-bond donors (Lipinski definition) is 1. The second kappa shape index (κ2) is 7.03. The fraction of sp³-hybridized carbons (Fsp3) is 0.0714. The topological polar surface area (TPSA) is 45.3 Å². The molecule has 0 fully saturated rings. The molecule has 2 aromatic rings. The first-order valence-electron chi connectivity index (χ1n) is 5.86. The van der Waals surface area contributed by atoms with Crippen LogP contribution in [-0.4, -0.2) is 12.1 Å². The zero-order valence-corrected chi connectivity index (χ0v) is 12.0. The number of aromatic nitrogens is 1. The summed E-state index contributed by atoms with van der Waals surface area (Å²) >= 11 is 11.7. The lowest BCUT2D eigenvalue weighted by Gasteiger charge is -1.98. The van der Waals surface area contributed by atoms with Gasteiger partial charge in [0.2, 0.25) is 6.54 Å². The normalized spacial score (nSPS) is 10.7. The molecule has 1 aromatic carbocycles. The number of rotatable bonds is 4. The Kier molecular flexibility index (Phi) is 5.09. The highest BCUT2D eigenvalue weighted by atomic mass is 35.5. The number of hydrogen-bond acceptors (Lipinski definition) is 2. The average Bonchev–Trinajstić information content (AvgIpc) is 2.44. The van der Waals surface area contributed by atoms with Crippen LogP contribution >= 0.6 is 23.2 Å². The van der Waals surface area contributed by atoms with E-state index >= 15 is 0 Å². The van der Waals surface area contributed by atoms with Gasteiger partial charge < -0.3 is 0 Å². The quantitative estimate of drug-likeness (QED) is 0.526. The summed E-state index contributed by atoms with van der Waals surface area (Å²) in [5, 5.41) is 4.79. The van der Waals surface area contributed by atoms with E-state index in [-0.39, 0.29) is 12.5 Å².